The van der Waals surface area contributed by atoms with Crippen molar-refractivity contribution in [2.45, 2.75) is 5.41 Å². The highest BCUT2D eigenvalue weighted by molar-refractivity contribution is 6.10. The summed E-state index contributed by atoms with van der Waals surface area (Å²) in [6, 6.07) is 40.4. The minimum absolute atomic E-state index is 0.272. The van der Waals surface area contributed by atoms with Gasteiger partial charge >= 0.3 is 0 Å². The van der Waals surface area contributed by atoms with E-state index in [0.29, 0.717) is 0 Å². The number of H-pyrrole nitrogens is 1. The fourth-order valence-electron chi connectivity index (χ4n) is 6.44. The molecule has 0 unspecified atom stereocenters. The molecule has 148 valence electrons. The summed E-state index contributed by atoms with van der Waals surface area (Å²) in [5.41, 5.74) is 13.1. The molecule has 5 aromatic carbocycles. The molecule has 6 aromatic rings. The molecule has 0 fully saturated rings. The molecule has 1 heteroatoms. The van der Waals surface area contributed by atoms with Gasteiger partial charge in [-0.1, -0.05) is 91.0 Å². The first-order valence-corrected chi connectivity index (χ1v) is 11.2. The van der Waals surface area contributed by atoms with Crippen LogP contribution in [0.15, 0.2) is 109 Å². The molecule has 1 N–H and O–H groups in total. The van der Waals surface area contributed by atoms with Crippen LogP contribution in [0.4, 0.5) is 0 Å². The molecule has 0 radical (unpaired) electrons. The lowest BCUT2D eigenvalue weighted by Gasteiger charge is -2.30. The minimum Gasteiger partial charge on any atom is -0.354 e. The Balaban J connectivity index is 1.62. The highest BCUT2D eigenvalue weighted by Gasteiger charge is 2.51. The van der Waals surface area contributed by atoms with Crippen molar-refractivity contribution in [3.63, 3.8) is 0 Å². The molecule has 0 aliphatic heterocycles. The summed E-state index contributed by atoms with van der Waals surface area (Å²) in [4.78, 5) is 3.66. The van der Waals surface area contributed by atoms with Gasteiger partial charge in [-0.25, -0.2) is 0 Å². The van der Waals surface area contributed by atoms with E-state index in [1.165, 1.54) is 66.3 Å². The second kappa shape index (κ2) is 5.57. The predicted octanol–water partition coefficient (Wildman–Crippen LogP) is 7.66. The van der Waals surface area contributed by atoms with Gasteiger partial charge < -0.3 is 4.98 Å². The number of benzene rings is 5. The van der Waals surface area contributed by atoms with Crippen molar-refractivity contribution in [3.05, 3.63) is 131 Å². The van der Waals surface area contributed by atoms with Crippen LogP contribution in [0, 0.1) is 0 Å². The minimum atomic E-state index is -0.272. The predicted molar refractivity (Wildman–Crippen MR) is 132 cm³/mol. The van der Waals surface area contributed by atoms with Crippen LogP contribution in [0.3, 0.4) is 0 Å². The molecule has 1 nitrogen and oxygen atoms in total. The lowest BCUT2D eigenvalue weighted by molar-refractivity contribution is 0.795. The summed E-state index contributed by atoms with van der Waals surface area (Å²) < 4.78 is 0. The standard InChI is InChI=1S/C31H19N/c1-5-13-25-19(9-1)20-10-2-6-14-26(20)31(25)27-15-7-3-11-21(27)23-18-30-24(17-28(23)31)22-12-4-8-16-29(22)32-30/h1-18,32H. The lowest BCUT2D eigenvalue weighted by atomic mass is 9.70. The van der Waals surface area contributed by atoms with Gasteiger partial charge in [0.05, 0.1) is 5.41 Å². The van der Waals surface area contributed by atoms with Crippen molar-refractivity contribution < 1.29 is 0 Å². The van der Waals surface area contributed by atoms with Crippen molar-refractivity contribution >= 4 is 21.8 Å². The molecule has 1 spiro atoms. The van der Waals surface area contributed by atoms with Gasteiger partial charge in [0.1, 0.15) is 0 Å². The van der Waals surface area contributed by atoms with Gasteiger partial charge in [-0.3, -0.25) is 0 Å². The molecule has 1 aromatic heterocycles. The topological polar surface area (TPSA) is 15.8 Å². The van der Waals surface area contributed by atoms with E-state index in [1.54, 1.807) is 0 Å². The molecular weight excluding hydrogens is 386 g/mol. The average Bonchev–Trinajstić information content (AvgIpc) is 3.46. The SMILES string of the molecule is c1ccc2c(c1)-c1ccccc1C21c2ccccc2-c2cc3[nH]c4ccccc4c3cc21. The van der Waals surface area contributed by atoms with Crippen LogP contribution in [0.2, 0.25) is 0 Å². The van der Waals surface area contributed by atoms with E-state index in [0.717, 1.165) is 0 Å². The summed E-state index contributed by atoms with van der Waals surface area (Å²) in [6.45, 7) is 0. The highest BCUT2D eigenvalue weighted by Crippen LogP contribution is 2.63. The van der Waals surface area contributed by atoms with Gasteiger partial charge in [-0.15, -0.1) is 0 Å². The first-order valence-electron chi connectivity index (χ1n) is 11.2. The number of para-hydroxylation sites is 1. The van der Waals surface area contributed by atoms with Crippen LogP contribution in [0.5, 0.6) is 0 Å². The Morgan fingerprint density at radius 3 is 1.59 bits per heavy atom. The van der Waals surface area contributed by atoms with E-state index in [1.807, 2.05) is 0 Å². The Kier molecular flexibility index (Phi) is 2.89. The van der Waals surface area contributed by atoms with Gasteiger partial charge in [0.15, 0.2) is 0 Å². The molecule has 0 bridgehead atoms. The second-order valence-electron chi connectivity index (χ2n) is 9.00. The summed E-state index contributed by atoms with van der Waals surface area (Å²) in [5, 5.41) is 2.59. The maximum atomic E-state index is 3.66. The summed E-state index contributed by atoms with van der Waals surface area (Å²) >= 11 is 0. The van der Waals surface area contributed by atoms with Gasteiger partial charge in [0.25, 0.3) is 0 Å². The van der Waals surface area contributed by atoms with Crippen LogP contribution in [-0.2, 0) is 5.41 Å². The number of aromatic amines is 1. The lowest BCUT2D eigenvalue weighted by Crippen LogP contribution is -2.25. The Hall–Kier alpha value is -4.10. The zero-order valence-electron chi connectivity index (χ0n) is 17.4. The fraction of sp³-hybridized carbons (Fsp3) is 0.0323. The molecule has 0 amide bonds. The van der Waals surface area contributed by atoms with Crippen LogP contribution in [0.25, 0.3) is 44.1 Å². The Labute approximate surface area is 186 Å². The maximum absolute atomic E-state index is 3.66. The first-order chi connectivity index (χ1) is 15.9. The number of nitrogens with one attached hydrogen (secondary N) is 1. The normalized spacial score (nSPS) is 14.5. The number of aromatic nitrogens is 1. The monoisotopic (exact) mass is 405 g/mol. The average molecular weight is 406 g/mol. The Bertz CT molecular complexity index is 1690. The van der Waals surface area contributed by atoms with Gasteiger partial charge in [0, 0.05) is 21.8 Å². The van der Waals surface area contributed by atoms with Crippen molar-refractivity contribution in [1.82, 2.24) is 4.98 Å². The van der Waals surface area contributed by atoms with E-state index in [2.05, 4.69) is 114 Å². The Morgan fingerprint density at radius 1 is 0.406 bits per heavy atom. The third-order valence-corrected chi connectivity index (χ3v) is 7.62. The maximum Gasteiger partial charge on any atom is 0.0725 e. The van der Waals surface area contributed by atoms with Gasteiger partial charge in [-0.05, 0) is 62.7 Å². The number of rotatable bonds is 0. The molecule has 0 saturated carbocycles. The summed E-state index contributed by atoms with van der Waals surface area (Å²) in [5.74, 6) is 0. The Morgan fingerprint density at radius 2 is 0.938 bits per heavy atom. The van der Waals surface area contributed by atoms with Gasteiger partial charge in [0.2, 0.25) is 0 Å². The molecule has 2 aliphatic carbocycles. The largest absolute Gasteiger partial charge is 0.354 e. The summed E-state index contributed by atoms with van der Waals surface area (Å²) in [7, 11) is 0. The van der Waals surface area contributed by atoms with E-state index < -0.39 is 0 Å². The molecule has 1 heterocycles. The molecular formula is C31H19N. The summed E-state index contributed by atoms with van der Waals surface area (Å²) in [6.07, 6.45) is 0. The van der Waals surface area contributed by atoms with E-state index in [9.17, 15) is 0 Å². The number of fused-ring (bicyclic) bond motifs is 13. The number of hydrogen-bond acceptors (Lipinski definition) is 0. The highest BCUT2D eigenvalue weighted by atomic mass is 14.7. The van der Waals surface area contributed by atoms with Gasteiger partial charge in [-0.2, -0.15) is 0 Å². The molecule has 0 saturated heterocycles. The smallest absolute Gasteiger partial charge is 0.0725 e. The van der Waals surface area contributed by atoms with Crippen LogP contribution in [-0.4, -0.2) is 4.98 Å². The van der Waals surface area contributed by atoms with Crippen molar-refractivity contribution in [2.24, 2.45) is 0 Å². The molecule has 2 aliphatic rings. The quantitative estimate of drug-likeness (QED) is 0.266. The van der Waals surface area contributed by atoms with Crippen LogP contribution < -0.4 is 0 Å². The van der Waals surface area contributed by atoms with Crippen molar-refractivity contribution in [1.29, 1.82) is 0 Å². The molecule has 0 atom stereocenters. The third-order valence-electron chi connectivity index (χ3n) is 7.62. The second-order valence-corrected chi connectivity index (χ2v) is 9.00. The van der Waals surface area contributed by atoms with Crippen molar-refractivity contribution in [3.8, 4) is 22.3 Å². The van der Waals surface area contributed by atoms with Crippen LogP contribution in [0.1, 0.15) is 22.3 Å². The van der Waals surface area contributed by atoms with Crippen LogP contribution >= 0.6 is 0 Å². The zero-order chi connectivity index (χ0) is 20.9. The number of hydrogen-bond donors (Lipinski definition) is 1. The van der Waals surface area contributed by atoms with E-state index >= 15 is 0 Å². The first kappa shape index (κ1) is 16.6. The third kappa shape index (κ3) is 1.75. The fourth-order valence-corrected chi connectivity index (χ4v) is 6.44. The van der Waals surface area contributed by atoms with Crippen molar-refractivity contribution in [2.75, 3.05) is 0 Å². The van der Waals surface area contributed by atoms with E-state index in [-0.39, 0.29) is 5.41 Å². The molecule has 8 rings (SSSR count). The van der Waals surface area contributed by atoms with E-state index in [4.69, 9.17) is 0 Å². The zero-order valence-corrected chi connectivity index (χ0v) is 17.4. The molecule has 32 heavy (non-hydrogen) atoms.